The van der Waals surface area contributed by atoms with E-state index in [0.717, 1.165) is 34.0 Å². The third kappa shape index (κ3) is 18.2. The van der Waals surface area contributed by atoms with E-state index in [-0.39, 0.29) is 49.6 Å². The first kappa shape index (κ1) is 65.1. The van der Waals surface area contributed by atoms with Crippen LogP contribution in [-0.4, -0.2) is 171 Å². The van der Waals surface area contributed by atoms with E-state index in [9.17, 15) is 71.7 Å². The smallest absolute Gasteiger partial charge is 0.501 e. The highest BCUT2D eigenvalue weighted by molar-refractivity contribution is 6.35. The quantitative estimate of drug-likeness (QED) is 0.0778. The van der Waals surface area contributed by atoms with Gasteiger partial charge in [-0.3, -0.25) is 47.5 Å². The molecular weight excluding hydrogens is 1060 g/mol. The number of amides is 6. The van der Waals surface area contributed by atoms with E-state index in [0.29, 0.717) is 42.8 Å². The Hall–Kier alpha value is -9.15. The lowest BCUT2D eigenvalue weighted by Gasteiger charge is -2.28. The van der Waals surface area contributed by atoms with Gasteiger partial charge >= 0.3 is 41.7 Å². The number of hydrogen-bond acceptors (Lipinski definition) is 18. The first-order valence-corrected chi connectivity index (χ1v) is 24.6. The third-order valence-corrected chi connectivity index (χ3v) is 11.7. The molecule has 0 unspecified atom stereocenters. The molecular formula is C51H65F2N11O16. The molecule has 2 aliphatic rings. The molecule has 2 atom stereocenters. The second-order valence-corrected chi connectivity index (χ2v) is 18.1. The van der Waals surface area contributed by atoms with Gasteiger partial charge in [0, 0.05) is 75.5 Å². The Bertz CT molecular complexity index is 3020. The van der Waals surface area contributed by atoms with Crippen LogP contribution in [0.5, 0.6) is 11.5 Å². The summed E-state index contributed by atoms with van der Waals surface area (Å²) in [5.41, 5.74) is -0.854. The molecule has 0 aliphatic carbocycles. The van der Waals surface area contributed by atoms with Crippen molar-refractivity contribution in [2.75, 3.05) is 63.0 Å². The molecule has 0 radical (unpaired) electrons. The van der Waals surface area contributed by atoms with Gasteiger partial charge in [-0.05, 0) is 87.9 Å². The van der Waals surface area contributed by atoms with Gasteiger partial charge in [0.05, 0.1) is 18.7 Å². The number of ether oxygens (including phenoxy) is 2. The lowest BCUT2D eigenvalue weighted by molar-refractivity contribution is -0.156. The number of carbonyl (C=O) groups is 9. The van der Waals surface area contributed by atoms with Crippen LogP contribution in [0.4, 0.5) is 13.6 Å². The third-order valence-electron chi connectivity index (χ3n) is 11.7. The van der Waals surface area contributed by atoms with Crippen molar-refractivity contribution in [2.45, 2.75) is 83.7 Å². The Morgan fingerprint density at radius 1 is 0.625 bits per heavy atom. The number of fused-ring (bicyclic) bond motifs is 2. The zero-order chi connectivity index (χ0) is 60.1. The summed E-state index contributed by atoms with van der Waals surface area (Å²) in [4.78, 5) is 140. The van der Waals surface area contributed by atoms with Crippen LogP contribution in [0.2, 0.25) is 0 Å². The predicted molar refractivity (Wildman–Crippen MR) is 277 cm³/mol. The van der Waals surface area contributed by atoms with Crippen LogP contribution in [-0.2, 0) is 64.4 Å². The van der Waals surface area contributed by atoms with Crippen molar-refractivity contribution in [1.82, 2.24) is 54.7 Å². The van der Waals surface area contributed by atoms with Gasteiger partial charge in [0.2, 0.25) is 11.5 Å². The summed E-state index contributed by atoms with van der Waals surface area (Å²) in [6, 6.07) is 10.3. The average molecular weight is 1130 g/mol. The lowest BCUT2D eigenvalue weighted by Crippen LogP contribution is -2.43. The Labute approximate surface area is 457 Å². The number of aliphatic carboxylic acids is 1. The van der Waals surface area contributed by atoms with E-state index in [1.54, 1.807) is 26.1 Å². The molecule has 434 valence electrons. The molecule has 6 N–H and O–H groups in total. The Kier molecular flexibility index (Phi) is 25.0. The SMILES string of the molecule is CCOC(=O)OC(=O)C(=O)N(C)C.CN(C)C(=O)C(=O)N(C)[C@H]1CCCCn2c1nc(C(=O)NCc1ccc(F)cc1)c(O)c2=O.CN(C)C(=O)C(=O)O.CN[C@H]1CCCCn2c1nc(C(=O)NCc1ccc(F)cc1)c(O)c2=O. The summed E-state index contributed by atoms with van der Waals surface area (Å²) >= 11 is 0. The first-order chi connectivity index (χ1) is 37.7. The fraction of sp³-hybridized carbons (Fsp3) is 0.431. The zero-order valence-corrected chi connectivity index (χ0v) is 45.5. The summed E-state index contributed by atoms with van der Waals surface area (Å²) in [5, 5.41) is 36.8. The number of carboxylic acids is 1. The normalized spacial score (nSPS) is 13.9. The van der Waals surface area contributed by atoms with Gasteiger partial charge < -0.3 is 60.3 Å². The highest BCUT2D eigenvalue weighted by atomic mass is 19.1. The molecule has 0 fully saturated rings. The standard InChI is InChI=1S/C22H26FN5O5.C18H21FN4O3.C7H11NO5.C4H7NO3/c1-26(2)21(32)22(33)27(3)15-6-4-5-11-28-18(15)25-16(17(29)20(28)31)19(30)24-12-13-7-9-14(23)10-8-13;1-20-13-4-2-3-9-23-16(13)22-14(15(24)18(23)26)17(25)21-10-11-5-7-12(19)8-6-11;1-4-12-7(11)13-6(10)5(9)8(2)3;1-5(2)3(6)4(7)8/h7-10,15,29H,4-6,11-12H2,1-3H3,(H,24,30);5-8,13,20,24H,2-4,9-10H2,1H3,(H,21,25);4H2,1-3H3;1-2H3,(H,7,8)/t15-;13-;;/m00../s1. The van der Waals surface area contributed by atoms with Crippen LogP contribution in [0.25, 0.3) is 0 Å². The van der Waals surface area contributed by atoms with E-state index in [2.05, 4.69) is 35.4 Å². The molecule has 0 saturated carbocycles. The Morgan fingerprint density at radius 2 is 1.05 bits per heavy atom. The zero-order valence-electron chi connectivity index (χ0n) is 45.5. The van der Waals surface area contributed by atoms with Crippen molar-refractivity contribution in [2.24, 2.45) is 0 Å². The monoisotopic (exact) mass is 1130 g/mol. The van der Waals surface area contributed by atoms with Gasteiger partial charge in [-0.15, -0.1) is 0 Å². The molecule has 0 bridgehead atoms. The molecule has 0 spiro atoms. The summed E-state index contributed by atoms with van der Waals surface area (Å²) < 4.78 is 37.0. The minimum atomic E-state index is -1.42. The number of aromatic nitrogens is 4. The van der Waals surface area contributed by atoms with Crippen LogP contribution in [0.3, 0.4) is 0 Å². The van der Waals surface area contributed by atoms with Gasteiger partial charge in [-0.25, -0.2) is 33.1 Å². The highest BCUT2D eigenvalue weighted by Crippen LogP contribution is 2.29. The number of carbonyl (C=O) groups excluding carboxylic acids is 8. The Morgan fingerprint density at radius 3 is 1.45 bits per heavy atom. The lowest BCUT2D eigenvalue weighted by atomic mass is 10.1. The minimum Gasteiger partial charge on any atom is -0.501 e. The topological polar surface area (TPSA) is 352 Å². The van der Waals surface area contributed by atoms with Gasteiger partial charge in [0.25, 0.3) is 22.9 Å². The first-order valence-electron chi connectivity index (χ1n) is 24.6. The molecule has 27 nitrogen and oxygen atoms in total. The van der Waals surface area contributed by atoms with Crippen LogP contribution >= 0.6 is 0 Å². The predicted octanol–water partition coefficient (Wildman–Crippen LogP) is 1.19. The van der Waals surface area contributed by atoms with E-state index >= 15 is 0 Å². The number of nitrogens with one attached hydrogen (secondary N) is 3. The second-order valence-electron chi connectivity index (χ2n) is 18.1. The maximum absolute atomic E-state index is 13.1. The number of esters is 1. The van der Waals surface area contributed by atoms with Crippen LogP contribution in [0, 0.1) is 11.6 Å². The van der Waals surface area contributed by atoms with Crippen molar-refractivity contribution in [1.29, 1.82) is 0 Å². The van der Waals surface area contributed by atoms with Crippen LogP contribution in [0.1, 0.15) is 101 Å². The van der Waals surface area contributed by atoms with E-state index in [4.69, 9.17) is 5.11 Å². The van der Waals surface area contributed by atoms with Crippen LogP contribution < -0.4 is 27.1 Å². The summed E-state index contributed by atoms with van der Waals surface area (Å²) in [5.74, 6) is -9.06. The van der Waals surface area contributed by atoms with Crippen molar-refractivity contribution in [3.8, 4) is 11.5 Å². The van der Waals surface area contributed by atoms with Crippen molar-refractivity contribution >= 4 is 53.5 Å². The van der Waals surface area contributed by atoms with E-state index in [1.807, 2.05) is 0 Å². The van der Waals surface area contributed by atoms with Gasteiger partial charge in [-0.2, -0.15) is 0 Å². The molecule has 80 heavy (non-hydrogen) atoms. The molecule has 4 heterocycles. The summed E-state index contributed by atoms with van der Waals surface area (Å²) in [7, 11) is 11.6. The van der Waals surface area contributed by atoms with E-state index in [1.165, 1.54) is 99.8 Å². The molecule has 6 amide bonds. The van der Waals surface area contributed by atoms with Gasteiger partial charge in [0.1, 0.15) is 23.3 Å². The molecule has 4 aromatic rings. The number of likely N-dealkylation sites (N-methyl/N-ethyl adjacent to an activating group) is 4. The second kappa shape index (κ2) is 30.7. The maximum Gasteiger partial charge on any atom is 0.516 e. The van der Waals surface area contributed by atoms with E-state index < -0.39 is 93.7 Å². The van der Waals surface area contributed by atoms with Crippen molar-refractivity contribution in [3.63, 3.8) is 0 Å². The van der Waals surface area contributed by atoms with Gasteiger partial charge in [-0.1, -0.05) is 24.3 Å². The van der Waals surface area contributed by atoms with Crippen molar-refractivity contribution < 1.29 is 76.7 Å². The molecule has 2 aromatic heterocycles. The summed E-state index contributed by atoms with van der Waals surface area (Å²) in [6.45, 7) is 2.52. The van der Waals surface area contributed by atoms with Crippen molar-refractivity contribution in [3.05, 3.63) is 115 Å². The number of aromatic hydroxyl groups is 2. The molecule has 2 aromatic carbocycles. The highest BCUT2D eigenvalue weighted by Gasteiger charge is 2.34. The molecule has 6 rings (SSSR count). The van der Waals surface area contributed by atoms with Gasteiger partial charge in [0.15, 0.2) is 11.4 Å². The fourth-order valence-corrected chi connectivity index (χ4v) is 7.38. The Balaban J connectivity index is 0.000000316. The maximum atomic E-state index is 13.1. The number of halogens is 2. The minimum absolute atomic E-state index is 0.0256. The largest absolute Gasteiger partial charge is 0.516 e. The summed E-state index contributed by atoms with van der Waals surface area (Å²) in [6.07, 6.45) is 3.03. The van der Waals surface area contributed by atoms with Crippen LogP contribution in [0.15, 0.2) is 58.1 Å². The molecule has 0 saturated heterocycles. The number of rotatable bonds is 9. The fourth-order valence-electron chi connectivity index (χ4n) is 7.38. The number of nitrogens with zero attached hydrogens (tertiary/aromatic N) is 8. The number of benzene rings is 2. The number of hydrogen-bond donors (Lipinski definition) is 6. The average Bonchev–Trinajstić information content (AvgIpc) is 3.78. The molecule has 2 aliphatic heterocycles. The molecule has 29 heteroatoms. The number of carboxylic acid groups (broad SMARTS) is 1.